The molecule has 1 aliphatic carbocycles. The molecule has 50 heavy (non-hydrogen) atoms. The van der Waals surface area contributed by atoms with Gasteiger partial charge < -0.3 is 4.42 Å². The molecule has 9 aromatic rings. The van der Waals surface area contributed by atoms with Crippen LogP contribution in [0.15, 0.2) is 162 Å². The number of nitrogens with zero attached hydrogens (tertiary/aromatic N) is 4. The first-order chi connectivity index (χ1) is 24.7. The number of rotatable bonds is 4. The molecule has 0 saturated carbocycles. The number of para-hydroxylation sites is 1. The van der Waals surface area contributed by atoms with Gasteiger partial charge in [0, 0.05) is 21.9 Å². The third-order valence-corrected chi connectivity index (χ3v) is 10.0. The maximum atomic E-state index is 10.1. The van der Waals surface area contributed by atoms with Crippen LogP contribution in [0.25, 0.3) is 66.6 Å². The second-order valence-electron chi connectivity index (χ2n) is 12.7. The number of hydrogen-bond acceptors (Lipinski definition) is 5. The molecular weight excluding hydrogens is 613 g/mol. The Morgan fingerprint density at radius 1 is 0.540 bits per heavy atom. The van der Waals surface area contributed by atoms with Crippen LogP contribution in [0.4, 0.5) is 0 Å². The minimum Gasteiger partial charge on any atom is -0.455 e. The molecule has 0 spiro atoms. The van der Waals surface area contributed by atoms with Crippen LogP contribution >= 0.6 is 0 Å². The lowest BCUT2D eigenvalue weighted by Gasteiger charge is -2.32. The normalized spacial score (nSPS) is 12.9. The molecule has 0 amide bonds. The zero-order valence-electron chi connectivity index (χ0n) is 26.7. The van der Waals surface area contributed by atoms with Crippen LogP contribution in [0.2, 0.25) is 0 Å². The van der Waals surface area contributed by atoms with E-state index in [9.17, 15) is 5.26 Å². The second kappa shape index (κ2) is 10.8. The molecule has 0 atom stereocenters. The van der Waals surface area contributed by atoms with Gasteiger partial charge in [0.25, 0.3) is 0 Å². The molecule has 232 valence electrons. The van der Waals surface area contributed by atoms with Crippen molar-refractivity contribution < 1.29 is 4.42 Å². The van der Waals surface area contributed by atoms with E-state index >= 15 is 0 Å². The van der Waals surface area contributed by atoms with E-state index in [1.54, 1.807) is 6.07 Å². The van der Waals surface area contributed by atoms with Gasteiger partial charge in [0.1, 0.15) is 17.1 Å². The van der Waals surface area contributed by atoms with E-state index in [4.69, 9.17) is 19.4 Å². The van der Waals surface area contributed by atoms with Crippen LogP contribution in [-0.2, 0) is 5.41 Å². The average molecular weight is 639 g/mol. The Labute approximate surface area is 287 Å². The van der Waals surface area contributed by atoms with Gasteiger partial charge in [0.15, 0.2) is 23.1 Å². The van der Waals surface area contributed by atoms with Crippen molar-refractivity contribution in [3.05, 3.63) is 186 Å². The summed E-state index contributed by atoms with van der Waals surface area (Å²) < 4.78 is 6.32. The third kappa shape index (κ3) is 3.97. The summed E-state index contributed by atoms with van der Waals surface area (Å²) in [6.45, 7) is 0. The van der Waals surface area contributed by atoms with Crippen molar-refractivity contribution >= 4 is 32.7 Å². The number of hydrogen-bond donors (Lipinski definition) is 0. The van der Waals surface area contributed by atoms with Crippen LogP contribution in [0.3, 0.4) is 0 Å². The maximum absolute atomic E-state index is 10.1. The van der Waals surface area contributed by atoms with Crippen molar-refractivity contribution in [2.24, 2.45) is 0 Å². The lowest BCUT2D eigenvalue weighted by molar-refractivity contribution is 0.667. The fraction of sp³-hybridized carbons (Fsp3) is 0.0222. The predicted octanol–water partition coefficient (Wildman–Crippen LogP) is 10.5. The highest BCUT2D eigenvalue weighted by Crippen LogP contribution is 2.55. The molecule has 0 unspecified atom stereocenters. The van der Waals surface area contributed by atoms with Gasteiger partial charge in [-0.2, -0.15) is 5.26 Å². The van der Waals surface area contributed by atoms with Crippen LogP contribution in [0.5, 0.6) is 0 Å². The van der Waals surface area contributed by atoms with E-state index < -0.39 is 5.41 Å². The Balaban J connectivity index is 1.35. The van der Waals surface area contributed by atoms with Crippen LogP contribution < -0.4 is 0 Å². The highest BCUT2D eigenvalue weighted by atomic mass is 16.3. The van der Waals surface area contributed by atoms with E-state index in [1.165, 1.54) is 0 Å². The highest BCUT2D eigenvalue weighted by molar-refractivity contribution is 6.13. The number of aromatic nitrogens is 3. The lowest BCUT2D eigenvalue weighted by atomic mass is 9.71. The minimum atomic E-state index is -0.831. The molecule has 0 N–H and O–H groups in total. The molecule has 7 aromatic carbocycles. The average Bonchev–Trinajstić information content (AvgIpc) is 3.72. The van der Waals surface area contributed by atoms with Crippen molar-refractivity contribution in [3.63, 3.8) is 0 Å². The topological polar surface area (TPSA) is 75.6 Å². The minimum absolute atomic E-state index is 0.461. The van der Waals surface area contributed by atoms with E-state index in [0.717, 1.165) is 60.5 Å². The summed E-state index contributed by atoms with van der Waals surface area (Å²) in [7, 11) is 0. The molecule has 5 nitrogen and oxygen atoms in total. The Morgan fingerprint density at radius 3 is 1.98 bits per heavy atom. The first-order valence-corrected chi connectivity index (χ1v) is 16.6. The summed E-state index contributed by atoms with van der Waals surface area (Å²) in [5.41, 5.74) is 8.13. The van der Waals surface area contributed by atoms with Gasteiger partial charge in [-0.15, -0.1) is 0 Å². The van der Waals surface area contributed by atoms with E-state index in [-0.39, 0.29) is 0 Å². The summed E-state index contributed by atoms with van der Waals surface area (Å²) in [6, 6.07) is 56.3. The van der Waals surface area contributed by atoms with Crippen molar-refractivity contribution in [2.75, 3.05) is 0 Å². The molecule has 2 aromatic heterocycles. The fourth-order valence-electron chi connectivity index (χ4n) is 7.83. The quantitative estimate of drug-likeness (QED) is 0.192. The molecule has 1 aliphatic rings. The van der Waals surface area contributed by atoms with Crippen LogP contribution in [0.1, 0.15) is 28.1 Å². The molecule has 10 rings (SSSR count). The summed E-state index contributed by atoms with van der Waals surface area (Å²) in [5.74, 6) is 1.70. The largest absolute Gasteiger partial charge is 0.455 e. The maximum Gasteiger partial charge on any atom is 0.164 e. The summed E-state index contributed by atoms with van der Waals surface area (Å²) in [6.07, 6.45) is 0. The summed E-state index contributed by atoms with van der Waals surface area (Å²) >= 11 is 0. The molecule has 0 bridgehead atoms. The number of fused-ring (bicyclic) bond motifs is 7. The van der Waals surface area contributed by atoms with Crippen LogP contribution in [0, 0.1) is 11.3 Å². The van der Waals surface area contributed by atoms with Crippen molar-refractivity contribution in [2.45, 2.75) is 5.41 Å². The van der Waals surface area contributed by atoms with Crippen molar-refractivity contribution in [3.8, 4) is 40.0 Å². The lowest BCUT2D eigenvalue weighted by Crippen LogP contribution is -2.31. The second-order valence-corrected chi connectivity index (χ2v) is 12.7. The Kier molecular flexibility index (Phi) is 6.09. The SMILES string of the molecule is N#Cc1ccc(-c2nc(-c3ccc4ccccc4c3)nc(C3(c4ccccc4)c4ccccc4-c4ccccc43)n2)c2c1oc1ccccc12. The Bertz CT molecular complexity index is 2800. The van der Waals surface area contributed by atoms with Crippen LogP contribution in [-0.4, -0.2) is 15.0 Å². The predicted molar refractivity (Wildman–Crippen MR) is 198 cm³/mol. The molecular formula is C45H26N4O. The van der Waals surface area contributed by atoms with E-state index in [1.807, 2.05) is 48.5 Å². The van der Waals surface area contributed by atoms with E-state index in [2.05, 4.69) is 109 Å². The smallest absolute Gasteiger partial charge is 0.164 e. The highest BCUT2D eigenvalue weighted by Gasteiger charge is 2.48. The zero-order valence-corrected chi connectivity index (χ0v) is 26.7. The van der Waals surface area contributed by atoms with Gasteiger partial charge in [0.05, 0.1) is 5.56 Å². The monoisotopic (exact) mass is 638 g/mol. The molecule has 0 saturated heterocycles. The van der Waals surface area contributed by atoms with Gasteiger partial charge in [-0.1, -0.05) is 133 Å². The Hall–Kier alpha value is -6.90. The van der Waals surface area contributed by atoms with Gasteiger partial charge in [-0.05, 0) is 62.9 Å². The fourth-order valence-corrected chi connectivity index (χ4v) is 7.83. The Morgan fingerprint density at radius 2 is 1.20 bits per heavy atom. The zero-order chi connectivity index (χ0) is 33.2. The molecule has 0 radical (unpaired) electrons. The molecule has 0 fully saturated rings. The summed E-state index contributed by atoms with van der Waals surface area (Å²) in [5, 5.41) is 14.0. The molecule has 0 aliphatic heterocycles. The van der Waals surface area contributed by atoms with Gasteiger partial charge in [0.2, 0.25) is 0 Å². The van der Waals surface area contributed by atoms with E-state index in [0.29, 0.717) is 34.2 Å². The number of nitriles is 1. The van der Waals surface area contributed by atoms with Gasteiger partial charge in [-0.3, -0.25) is 0 Å². The molecule has 5 heteroatoms. The van der Waals surface area contributed by atoms with Gasteiger partial charge in [-0.25, -0.2) is 15.0 Å². The first-order valence-electron chi connectivity index (χ1n) is 16.6. The van der Waals surface area contributed by atoms with Crippen molar-refractivity contribution in [1.29, 1.82) is 5.26 Å². The molecule has 2 heterocycles. The summed E-state index contributed by atoms with van der Waals surface area (Å²) in [4.78, 5) is 16.1. The third-order valence-electron chi connectivity index (χ3n) is 10.0. The van der Waals surface area contributed by atoms with Gasteiger partial charge >= 0.3 is 0 Å². The number of furan rings is 1. The number of benzene rings is 7. The first kappa shape index (κ1) is 28.1. The van der Waals surface area contributed by atoms with Crippen molar-refractivity contribution in [1.82, 2.24) is 15.0 Å². The standard InChI is InChI=1S/C45H26N4O/c46-27-31-24-25-36(40-35-18-8-11-21-39(35)50-41(31)40)43-47-42(30-23-22-28-12-4-5-13-29(28)26-30)48-44(49-43)45(32-14-2-1-3-15-32)37-19-9-6-16-33(37)34-17-7-10-20-38(34)45/h1-26H.